The van der Waals surface area contributed by atoms with Crippen molar-refractivity contribution in [3.8, 4) is 0 Å². The number of likely N-dealkylation sites (tertiary alicyclic amines) is 1. The van der Waals surface area contributed by atoms with Gasteiger partial charge in [-0.2, -0.15) is 0 Å². The molecule has 1 N–H and O–H groups in total. The van der Waals surface area contributed by atoms with Gasteiger partial charge in [-0.15, -0.1) is 0 Å². The van der Waals surface area contributed by atoms with Crippen LogP contribution >= 0.6 is 15.9 Å². The van der Waals surface area contributed by atoms with Crippen molar-refractivity contribution in [1.82, 2.24) is 9.80 Å². The smallest absolute Gasteiger partial charge is 0.0486 e. The molecule has 0 amide bonds. The fourth-order valence-corrected chi connectivity index (χ4v) is 3.38. The number of benzene rings is 1. The van der Waals surface area contributed by atoms with Crippen molar-refractivity contribution < 1.29 is 5.11 Å². The molecule has 1 saturated heterocycles. The van der Waals surface area contributed by atoms with Crippen LogP contribution in [0.5, 0.6) is 0 Å². The van der Waals surface area contributed by atoms with Gasteiger partial charge in [-0.1, -0.05) is 34.1 Å². The molecule has 0 aromatic heterocycles. The normalized spacial score (nSPS) is 24.9. The van der Waals surface area contributed by atoms with E-state index in [0.29, 0.717) is 12.0 Å². The van der Waals surface area contributed by atoms with E-state index < -0.39 is 0 Å². The Labute approximate surface area is 124 Å². The summed E-state index contributed by atoms with van der Waals surface area (Å²) in [6, 6.07) is 8.88. The minimum absolute atomic E-state index is 0.273. The maximum absolute atomic E-state index is 9.59. The number of hydrogen-bond donors (Lipinski definition) is 1. The van der Waals surface area contributed by atoms with E-state index >= 15 is 0 Å². The van der Waals surface area contributed by atoms with Gasteiger partial charge in [0, 0.05) is 36.1 Å². The third-order valence-electron chi connectivity index (χ3n) is 4.03. The first-order valence-electron chi connectivity index (χ1n) is 6.85. The molecule has 1 aromatic rings. The molecule has 1 heterocycles. The summed E-state index contributed by atoms with van der Waals surface area (Å²) in [6.07, 6.45) is 1.13. The molecule has 1 aliphatic rings. The van der Waals surface area contributed by atoms with E-state index in [1.54, 1.807) is 0 Å². The van der Waals surface area contributed by atoms with Gasteiger partial charge in [0.2, 0.25) is 0 Å². The van der Waals surface area contributed by atoms with E-state index in [4.69, 9.17) is 0 Å². The van der Waals surface area contributed by atoms with E-state index in [0.717, 1.165) is 26.1 Å². The lowest BCUT2D eigenvalue weighted by Gasteiger charge is -2.41. The maximum Gasteiger partial charge on any atom is 0.0486 e. The van der Waals surface area contributed by atoms with Crippen LogP contribution in [0.4, 0.5) is 0 Å². The molecule has 3 nitrogen and oxygen atoms in total. The quantitative estimate of drug-likeness (QED) is 0.918. The highest BCUT2D eigenvalue weighted by molar-refractivity contribution is 9.10. The van der Waals surface area contributed by atoms with Crippen molar-refractivity contribution >= 4 is 15.9 Å². The summed E-state index contributed by atoms with van der Waals surface area (Å²) in [7, 11) is 4.22. The van der Waals surface area contributed by atoms with Gasteiger partial charge in [0.15, 0.2) is 0 Å². The molecule has 1 fully saturated rings. The van der Waals surface area contributed by atoms with Crippen LogP contribution in [0.15, 0.2) is 28.7 Å². The first-order valence-corrected chi connectivity index (χ1v) is 7.64. The van der Waals surface area contributed by atoms with E-state index in [2.05, 4.69) is 58.0 Å². The maximum atomic E-state index is 9.59. The second kappa shape index (κ2) is 6.84. The number of nitrogens with zero attached hydrogens (tertiary/aromatic N) is 2. The van der Waals surface area contributed by atoms with Crippen molar-refractivity contribution in [3.05, 3.63) is 34.3 Å². The molecule has 0 unspecified atom stereocenters. The predicted octanol–water partition coefficient (Wildman–Crippen LogP) is 2.19. The van der Waals surface area contributed by atoms with Gasteiger partial charge in [-0.3, -0.25) is 4.90 Å². The van der Waals surface area contributed by atoms with Crippen LogP contribution in [-0.2, 0) is 6.54 Å². The van der Waals surface area contributed by atoms with Crippen LogP contribution in [-0.4, -0.2) is 54.7 Å². The van der Waals surface area contributed by atoms with Crippen molar-refractivity contribution in [3.63, 3.8) is 0 Å². The van der Waals surface area contributed by atoms with Gasteiger partial charge in [0.25, 0.3) is 0 Å². The average molecular weight is 327 g/mol. The van der Waals surface area contributed by atoms with Gasteiger partial charge in [-0.25, -0.2) is 0 Å². The second-order valence-corrected chi connectivity index (χ2v) is 6.44. The van der Waals surface area contributed by atoms with Gasteiger partial charge < -0.3 is 10.0 Å². The lowest BCUT2D eigenvalue weighted by atomic mass is 9.91. The van der Waals surface area contributed by atoms with Crippen molar-refractivity contribution in [2.24, 2.45) is 5.92 Å². The number of halogens is 1. The summed E-state index contributed by atoms with van der Waals surface area (Å²) < 4.78 is 1.17. The van der Waals surface area contributed by atoms with Gasteiger partial charge in [0.05, 0.1) is 0 Å². The number of piperidine rings is 1. The molecule has 4 heteroatoms. The molecule has 0 saturated carbocycles. The Bertz CT molecular complexity index is 411. The molecule has 0 radical (unpaired) electrons. The largest absolute Gasteiger partial charge is 0.396 e. The third kappa shape index (κ3) is 3.78. The standard InChI is InChI=1S/C15H23BrN2O/c1-17(2)15-7-8-18(10-13(15)11-19)9-12-5-3-4-6-14(12)16/h3-6,13,15,19H,7-11H2,1-2H3/t13-,15-/m1/s1. The number of rotatable bonds is 4. The molecule has 1 aliphatic heterocycles. The van der Waals surface area contributed by atoms with Crippen molar-refractivity contribution in [1.29, 1.82) is 0 Å². The predicted molar refractivity (Wildman–Crippen MR) is 82.1 cm³/mol. The molecular weight excluding hydrogens is 304 g/mol. The minimum Gasteiger partial charge on any atom is -0.396 e. The van der Waals surface area contributed by atoms with Crippen LogP contribution in [0.1, 0.15) is 12.0 Å². The monoisotopic (exact) mass is 326 g/mol. The first-order chi connectivity index (χ1) is 9.11. The molecule has 0 aliphatic carbocycles. The third-order valence-corrected chi connectivity index (χ3v) is 4.80. The molecule has 0 spiro atoms. The highest BCUT2D eigenvalue weighted by atomic mass is 79.9. The lowest BCUT2D eigenvalue weighted by Crippen LogP contribution is -2.49. The van der Waals surface area contributed by atoms with Crippen LogP contribution in [0.25, 0.3) is 0 Å². The van der Waals surface area contributed by atoms with Crippen LogP contribution < -0.4 is 0 Å². The molecule has 2 atom stereocenters. The Kier molecular flexibility index (Phi) is 5.39. The lowest BCUT2D eigenvalue weighted by molar-refractivity contribution is 0.0454. The summed E-state index contributed by atoms with van der Waals surface area (Å²) in [5, 5.41) is 9.59. The summed E-state index contributed by atoms with van der Waals surface area (Å²) in [5.41, 5.74) is 1.32. The van der Waals surface area contributed by atoms with Gasteiger partial charge in [-0.05, 0) is 38.7 Å². The molecule has 0 bridgehead atoms. The molecule has 1 aromatic carbocycles. The Morgan fingerprint density at radius 2 is 2.11 bits per heavy atom. The number of aliphatic hydroxyl groups excluding tert-OH is 1. The van der Waals surface area contributed by atoms with Crippen LogP contribution in [0.2, 0.25) is 0 Å². The summed E-state index contributed by atoms with van der Waals surface area (Å²) in [5.74, 6) is 0.353. The Hall–Kier alpha value is -0.420. The van der Waals surface area contributed by atoms with Gasteiger partial charge >= 0.3 is 0 Å². The highest BCUT2D eigenvalue weighted by Gasteiger charge is 2.30. The summed E-state index contributed by atoms with van der Waals surface area (Å²) in [6.45, 7) is 3.30. The number of aliphatic hydroxyl groups is 1. The number of hydrogen-bond acceptors (Lipinski definition) is 3. The zero-order valence-corrected chi connectivity index (χ0v) is 13.3. The fourth-order valence-electron chi connectivity index (χ4n) is 2.97. The first kappa shape index (κ1) is 15.0. The average Bonchev–Trinajstić information content (AvgIpc) is 2.41. The zero-order chi connectivity index (χ0) is 13.8. The van der Waals surface area contributed by atoms with E-state index in [1.807, 2.05) is 6.07 Å². The highest BCUT2D eigenvalue weighted by Crippen LogP contribution is 2.24. The summed E-state index contributed by atoms with van der Waals surface area (Å²) >= 11 is 3.61. The van der Waals surface area contributed by atoms with E-state index in [1.165, 1.54) is 10.0 Å². The summed E-state index contributed by atoms with van der Waals surface area (Å²) in [4.78, 5) is 4.69. The SMILES string of the molecule is CN(C)[C@@H]1CCN(Cc2ccccc2Br)C[C@@H]1CO. The molecular formula is C15H23BrN2O. The molecule has 106 valence electrons. The molecule has 2 rings (SSSR count). The minimum atomic E-state index is 0.273. The Morgan fingerprint density at radius 3 is 2.74 bits per heavy atom. The topological polar surface area (TPSA) is 26.7 Å². The van der Waals surface area contributed by atoms with Crippen molar-refractivity contribution in [2.45, 2.75) is 19.0 Å². The second-order valence-electron chi connectivity index (χ2n) is 5.59. The zero-order valence-electron chi connectivity index (χ0n) is 11.7. The van der Waals surface area contributed by atoms with Crippen LogP contribution in [0.3, 0.4) is 0 Å². The van der Waals surface area contributed by atoms with E-state index in [9.17, 15) is 5.11 Å². The van der Waals surface area contributed by atoms with Crippen molar-refractivity contribution in [2.75, 3.05) is 33.8 Å². The Morgan fingerprint density at radius 1 is 1.37 bits per heavy atom. The van der Waals surface area contributed by atoms with E-state index in [-0.39, 0.29) is 6.61 Å². The fraction of sp³-hybridized carbons (Fsp3) is 0.600. The Balaban J connectivity index is 1.99. The van der Waals surface area contributed by atoms with Gasteiger partial charge in [0.1, 0.15) is 0 Å². The molecule has 19 heavy (non-hydrogen) atoms. The van der Waals surface area contributed by atoms with Crippen LogP contribution in [0, 0.1) is 5.92 Å².